The van der Waals surface area contributed by atoms with Gasteiger partial charge in [-0.25, -0.2) is 4.98 Å². The molecular formula is C25H25N5O2. The van der Waals surface area contributed by atoms with E-state index in [9.17, 15) is 4.79 Å². The van der Waals surface area contributed by atoms with Crippen molar-refractivity contribution in [3.05, 3.63) is 82.7 Å². The van der Waals surface area contributed by atoms with Gasteiger partial charge in [-0.05, 0) is 37.6 Å². The van der Waals surface area contributed by atoms with Gasteiger partial charge in [-0.3, -0.25) is 9.36 Å². The van der Waals surface area contributed by atoms with Crippen LogP contribution in [0.1, 0.15) is 45.9 Å². The third kappa shape index (κ3) is 3.50. The predicted molar refractivity (Wildman–Crippen MR) is 124 cm³/mol. The standard InChI is InChI=1S/C25H25N5O2/c1-15-13-20-18(23(26)31)9-6-10-21(20)30(15)25-28-22-16(2)32-12-11-19(22)24(29-25)27-14-17-7-4-3-5-8-17/h3-10,13,16H,11-12,14H2,1-2H3,(H2,26,31)(H,27,28,29). The summed E-state index contributed by atoms with van der Waals surface area (Å²) in [5, 5.41) is 4.31. The summed E-state index contributed by atoms with van der Waals surface area (Å²) >= 11 is 0. The van der Waals surface area contributed by atoms with Gasteiger partial charge in [0.25, 0.3) is 0 Å². The average Bonchev–Trinajstić information content (AvgIpc) is 3.14. The van der Waals surface area contributed by atoms with Crippen molar-refractivity contribution in [3.63, 3.8) is 0 Å². The van der Waals surface area contributed by atoms with Gasteiger partial charge in [-0.15, -0.1) is 0 Å². The molecule has 0 spiro atoms. The number of hydrogen-bond donors (Lipinski definition) is 2. The Balaban J connectivity index is 1.65. The molecule has 3 heterocycles. The molecule has 0 saturated carbocycles. The minimum Gasteiger partial charge on any atom is -0.372 e. The Morgan fingerprint density at radius 2 is 2.00 bits per heavy atom. The molecule has 2 aromatic carbocycles. The van der Waals surface area contributed by atoms with E-state index in [-0.39, 0.29) is 6.10 Å². The second-order valence-corrected chi connectivity index (χ2v) is 8.06. The zero-order chi connectivity index (χ0) is 22.2. The van der Waals surface area contributed by atoms with Gasteiger partial charge in [-0.2, -0.15) is 4.98 Å². The number of primary amides is 1. The molecule has 0 saturated heterocycles. The molecule has 1 atom stereocenters. The first kappa shape index (κ1) is 20.2. The molecule has 0 bridgehead atoms. The normalized spacial score (nSPS) is 15.5. The third-order valence-corrected chi connectivity index (χ3v) is 5.93. The number of fused-ring (bicyclic) bond motifs is 2. The number of nitrogens with two attached hydrogens (primary N) is 1. The van der Waals surface area contributed by atoms with E-state index >= 15 is 0 Å². The number of hydrogen-bond acceptors (Lipinski definition) is 5. The van der Waals surface area contributed by atoms with Crippen LogP contribution in [0.2, 0.25) is 0 Å². The second-order valence-electron chi connectivity index (χ2n) is 8.06. The van der Waals surface area contributed by atoms with Gasteiger partial charge in [0, 0.05) is 35.2 Å². The summed E-state index contributed by atoms with van der Waals surface area (Å²) in [5.74, 6) is 0.911. The molecule has 1 aliphatic heterocycles. The SMILES string of the molecule is Cc1cc2c(C(N)=O)cccc2n1-c1nc(NCc2ccccc2)c2c(n1)C(C)OCC2. The van der Waals surface area contributed by atoms with Crippen LogP contribution in [0.4, 0.5) is 5.82 Å². The lowest BCUT2D eigenvalue weighted by atomic mass is 10.0. The van der Waals surface area contributed by atoms with Crippen LogP contribution in [-0.4, -0.2) is 27.0 Å². The quantitative estimate of drug-likeness (QED) is 0.501. The Morgan fingerprint density at radius 3 is 2.78 bits per heavy atom. The van der Waals surface area contributed by atoms with Crippen LogP contribution >= 0.6 is 0 Å². The van der Waals surface area contributed by atoms with Crippen LogP contribution < -0.4 is 11.1 Å². The molecule has 0 fully saturated rings. The monoisotopic (exact) mass is 427 g/mol. The van der Waals surface area contributed by atoms with Crippen LogP contribution in [0.15, 0.2) is 54.6 Å². The van der Waals surface area contributed by atoms with E-state index in [0.717, 1.165) is 40.1 Å². The first-order valence-electron chi connectivity index (χ1n) is 10.7. The largest absolute Gasteiger partial charge is 0.372 e. The van der Waals surface area contributed by atoms with Crippen molar-refractivity contribution in [2.75, 3.05) is 11.9 Å². The van der Waals surface area contributed by atoms with Gasteiger partial charge >= 0.3 is 0 Å². The number of aromatic nitrogens is 3. The fraction of sp³-hybridized carbons (Fsp3) is 0.240. The number of carbonyl (C=O) groups excluding carboxylic acids is 1. The molecule has 162 valence electrons. The van der Waals surface area contributed by atoms with E-state index in [1.807, 2.05) is 54.8 Å². The summed E-state index contributed by atoms with van der Waals surface area (Å²) in [6.45, 7) is 5.30. The molecule has 7 heteroatoms. The highest BCUT2D eigenvalue weighted by molar-refractivity contribution is 6.06. The minimum atomic E-state index is -0.452. The molecule has 3 N–H and O–H groups in total. The maximum Gasteiger partial charge on any atom is 0.249 e. The molecule has 1 unspecified atom stereocenters. The molecule has 1 aliphatic rings. The Labute approximate surface area is 186 Å². The van der Waals surface area contributed by atoms with Gasteiger partial charge in [0.2, 0.25) is 11.9 Å². The van der Waals surface area contributed by atoms with Gasteiger partial charge in [0.15, 0.2) is 0 Å². The Bertz CT molecular complexity index is 1310. The highest BCUT2D eigenvalue weighted by Gasteiger charge is 2.25. The third-order valence-electron chi connectivity index (χ3n) is 5.93. The lowest BCUT2D eigenvalue weighted by Crippen LogP contribution is -2.21. The van der Waals surface area contributed by atoms with Crippen LogP contribution in [0.25, 0.3) is 16.9 Å². The highest BCUT2D eigenvalue weighted by Crippen LogP contribution is 2.32. The number of ether oxygens (including phenoxy) is 1. The fourth-order valence-electron chi connectivity index (χ4n) is 4.36. The molecule has 0 aliphatic carbocycles. The lowest BCUT2D eigenvalue weighted by molar-refractivity contribution is 0.0520. The van der Waals surface area contributed by atoms with Crippen molar-refractivity contribution in [3.8, 4) is 5.95 Å². The Hall–Kier alpha value is -3.71. The number of aryl methyl sites for hydroxylation is 1. The topological polar surface area (TPSA) is 95.1 Å². The molecule has 7 nitrogen and oxygen atoms in total. The van der Waals surface area contributed by atoms with Gasteiger partial charge in [0.05, 0.1) is 23.9 Å². The number of nitrogens with one attached hydrogen (secondary N) is 1. The van der Waals surface area contributed by atoms with Crippen LogP contribution in [0.5, 0.6) is 0 Å². The predicted octanol–water partition coefficient (Wildman–Crippen LogP) is 4.07. The number of rotatable bonds is 5. The summed E-state index contributed by atoms with van der Waals surface area (Å²) in [4.78, 5) is 21.8. The second kappa shape index (κ2) is 8.09. The Kier molecular flexibility index (Phi) is 5.11. The van der Waals surface area contributed by atoms with E-state index in [1.165, 1.54) is 5.56 Å². The average molecular weight is 428 g/mol. The molecule has 2 aromatic heterocycles. The van der Waals surface area contributed by atoms with Crippen LogP contribution in [0, 0.1) is 6.92 Å². The van der Waals surface area contributed by atoms with Gasteiger partial charge < -0.3 is 15.8 Å². The molecule has 0 radical (unpaired) electrons. The van der Waals surface area contributed by atoms with E-state index in [2.05, 4.69) is 17.4 Å². The number of carbonyl (C=O) groups is 1. The number of anilines is 1. The molecular weight excluding hydrogens is 402 g/mol. The summed E-state index contributed by atoms with van der Waals surface area (Å²) < 4.78 is 7.84. The van der Waals surface area contributed by atoms with Crippen molar-refractivity contribution < 1.29 is 9.53 Å². The summed E-state index contributed by atoms with van der Waals surface area (Å²) in [5.41, 5.74) is 11.0. The van der Waals surface area contributed by atoms with Crippen molar-refractivity contribution in [2.24, 2.45) is 5.73 Å². The minimum absolute atomic E-state index is 0.124. The number of amides is 1. The fourth-order valence-corrected chi connectivity index (χ4v) is 4.36. The maximum atomic E-state index is 11.9. The van der Waals surface area contributed by atoms with Gasteiger partial charge in [-0.1, -0.05) is 36.4 Å². The zero-order valence-electron chi connectivity index (χ0n) is 18.1. The van der Waals surface area contributed by atoms with E-state index in [4.69, 9.17) is 20.4 Å². The maximum absolute atomic E-state index is 11.9. The van der Waals surface area contributed by atoms with Crippen molar-refractivity contribution in [2.45, 2.75) is 32.9 Å². The Morgan fingerprint density at radius 1 is 1.19 bits per heavy atom. The lowest BCUT2D eigenvalue weighted by Gasteiger charge is -2.25. The van der Waals surface area contributed by atoms with Gasteiger partial charge in [0.1, 0.15) is 5.82 Å². The van der Waals surface area contributed by atoms with Crippen LogP contribution in [0.3, 0.4) is 0 Å². The summed E-state index contributed by atoms with van der Waals surface area (Å²) in [6.07, 6.45) is 0.634. The number of benzene rings is 2. The van der Waals surface area contributed by atoms with E-state index in [0.29, 0.717) is 24.7 Å². The van der Waals surface area contributed by atoms with Crippen molar-refractivity contribution in [1.82, 2.24) is 14.5 Å². The summed E-state index contributed by atoms with van der Waals surface area (Å²) in [6, 6.07) is 17.7. The first-order valence-corrected chi connectivity index (χ1v) is 10.7. The van der Waals surface area contributed by atoms with Crippen molar-refractivity contribution >= 4 is 22.6 Å². The van der Waals surface area contributed by atoms with E-state index in [1.54, 1.807) is 6.07 Å². The summed E-state index contributed by atoms with van der Waals surface area (Å²) in [7, 11) is 0. The van der Waals surface area contributed by atoms with Crippen LogP contribution in [-0.2, 0) is 17.7 Å². The number of nitrogens with zero attached hydrogens (tertiary/aromatic N) is 3. The zero-order valence-corrected chi connectivity index (χ0v) is 18.1. The van der Waals surface area contributed by atoms with E-state index < -0.39 is 5.91 Å². The highest BCUT2D eigenvalue weighted by atomic mass is 16.5. The van der Waals surface area contributed by atoms with Crippen molar-refractivity contribution in [1.29, 1.82) is 0 Å². The molecule has 32 heavy (non-hydrogen) atoms. The first-order chi connectivity index (χ1) is 15.5. The molecule has 4 aromatic rings. The molecule has 5 rings (SSSR count). The molecule has 1 amide bonds. The smallest absolute Gasteiger partial charge is 0.249 e.